The van der Waals surface area contributed by atoms with Crippen molar-refractivity contribution in [2.24, 2.45) is 14.1 Å². The molecule has 0 saturated carbocycles. The third-order valence-electron chi connectivity index (χ3n) is 5.19. The van der Waals surface area contributed by atoms with Crippen molar-refractivity contribution in [3.63, 3.8) is 0 Å². The molecule has 0 radical (unpaired) electrons. The lowest BCUT2D eigenvalue weighted by molar-refractivity contribution is 0.546. The molecule has 0 saturated heterocycles. The number of hydrogen-bond acceptors (Lipinski definition) is 7. The molecular weight excluding hydrogens is 374 g/mol. The van der Waals surface area contributed by atoms with E-state index in [2.05, 4.69) is 19.9 Å². The van der Waals surface area contributed by atoms with E-state index in [9.17, 15) is 9.59 Å². The second-order valence-corrected chi connectivity index (χ2v) is 7.10. The SMILES string of the molecule is Cn1c(=O)c2c(ncn2CCCCCCn2cnc3c(N)ncnc32)n(C)c1=O. The van der Waals surface area contributed by atoms with E-state index >= 15 is 0 Å². The van der Waals surface area contributed by atoms with Crippen molar-refractivity contribution >= 4 is 28.1 Å². The third kappa shape index (κ3) is 3.28. The molecule has 4 aromatic heterocycles. The summed E-state index contributed by atoms with van der Waals surface area (Å²) in [7, 11) is 3.11. The zero-order valence-electron chi connectivity index (χ0n) is 16.4. The quantitative estimate of drug-likeness (QED) is 0.447. The predicted molar refractivity (Wildman–Crippen MR) is 108 cm³/mol. The smallest absolute Gasteiger partial charge is 0.332 e. The maximum Gasteiger partial charge on any atom is 0.332 e. The van der Waals surface area contributed by atoms with Crippen molar-refractivity contribution in [1.29, 1.82) is 0 Å². The average molecular weight is 397 g/mol. The molecular formula is C18H23N9O2. The maximum atomic E-state index is 12.4. The Hall–Kier alpha value is -3.50. The molecule has 4 heterocycles. The Balaban J connectivity index is 1.34. The average Bonchev–Trinajstić information content (AvgIpc) is 3.33. The van der Waals surface area contributed by atoms with Gasteiger partial charge < -0.3 is 14.9 Å². The Bertz CT molecular complexity index is 1290. The Morgan fingerprint density at radius 1 is 0.828 bits per heavy atom. The van der Waals surface area contributed by atoms with Crippen LogP contribution in [0, 0.1) is 0 Å². The number of rotatable bonds is 7. The van der Waals surface area contributed by atoms with Crippen LogP contribution in [0.4, 0.5) is 5.82 Å². The fourth-order valence-electron chi connectivity index (χ4n) is 3.55. The first kappa shape index (κ1) is 18.8. The molecule has 0 aliphatic heterocycles. The number of hydrogen-bond donors (Lipinski definition) is 1. The number of fused-ring (bicyclic) bond motifs is 2. The lowest BCUT2D eigenvalue weighted by atomic mass is 10.2. The van der Waals surface area contributed by atoms with Crippen molar-refractivity contribution < 1.29 is 0 Å². The van der Waals surface area contributed by atoms with E-state index in [0.717, 1.165) is 42.4 Å². The van der Waals surface area contributed by atoms with Gasteiger partial charge in [0.05, 0.1) is 12.7 Å². The largest absolute Gasteiger partial charge is 0.382 e. The summed E-state index contributed by atoms with van der Waals surface area (Å²) in [5.74, 6) is 0.393. The topological polar surface area (TPSA) is 131 Å². The number of aryl methyl sites for hydroxylation is 3. The molecule has 0 bridgehead atoms. The first-order valence-electron chi connectivity index (χ1n) is 9.51. The fourth-order valence-corrected chi connectivity index (χ4v) is 3.55. The number of anilines is 1. The van der Waals surface area contributed by atoms with E-state index in [1.807, 2.05) is 9.13 Å². The lowest BCUT2D eigenvalue weighted by Gasteiger charge is -2.07. The third-order valence-corrected chi connectivity index (χ3v) is 5.19. The zero-order chi connectivity index (χ0) is 20.5. The van der Waals surface area contributed by atoms with Crippen molar-refractivity contribution in [2.75, 3.05) is 5.73 Å². The highest BCUT2D eigenvalue weighted by atomic mass is 16.2. The highest BCUT2D eigenvalue weighted by molar-refractivity contribution is 5.81. The summed E-state index contributed by atoms with van der Waals surface area (Å²) in [6, 6.07) is 0. The summed E-state index contributed by atoms with van der Waals surface area (Å²) in [5, 5.41) is 0. The highest BCUT2D eigenvalue weighted by Crippen LogP contribution is 2.15. The summed E-state index contributed by atoms with van der Waals surface area (Å²) in [4.78, 5) is 41.2. The van der Waals surface area contributed by atoms with Gasteiger partial charge in [-0.3, -0.25) is 13.9 Å². The molecule has 0 aromatic carbocycles. The zero-order valence-corrected chi connectivity index (χ0v) is 16.4. The molecule has 2 N–H and O–H groups in total. The summed E-state index contributed by atoms with van der Waals surface area (Å²) in [6.45, 7) is 1.49. The lowest BCUT2D eigenvalue weighted by Crippen LogP contribution is -2.37. The summed E-state index contributed by atoms with van der Waals surface area (Å²) >= 11 is 0. The van der Waals surface area contributed by atoms with Crippen LogP contribution in [-0.2, 0) is 27.2 Å². The molecule has 0 atom stereocenters. The Morgan fingerprint density at radius 3 is 2.28 bits per heavy atom. The van der Waals surface area contributed by atoms with Crippen LogP contribution >= 0.6 is 0 Å². The van der Waals surface area contributed by atoms with Crippen LogP contribution in [0.1, 0.15) is 25.7 Å². The Morgan fingerprint density at radius 2 is 1.52 bits per heavy atom. The number of aromatic nitrogens is 8. The van der Waals surface area contributed by atoms with Crippen molar-refractivity contribution in [2.45, 2.75) is 38.8 Å². The summed E-state index contributed by atoms with van der Waals surface area (Å²) in [5.41, 5.74) is 7.41. The monoisotopic (exact) mass is 397 g/mol. The van der Waals surface area contributed by atoms with Crippen LogP contribution in [-0.4, -0.2) is 38.2 Å². The van der Waals surface area contributed by atoms with Crippen molar-refractivity contribution in [3.05, 3.63) is 39.8 Å². The van der Waals surface area contributed by atoms with Crippen LogP contribution in [0.3, 0.4) is 0 Å². The summed E-state index contributed by atoms with van der Waals surface area (Å²) in [6.07, 6.45) is 8.76. The molecule has 0 unspecified atom stereocenters. The van der Waals surface area contributed by atoms with Crippen LogP contribution in [0.2, 0.25) is 0 Å². The number of imidazole rings is 2. The molecule has 0 aliphatic rings. The second kappa shape index (κ2) is 7.49. The van der Waals surface area contributed by atoms with Gasteiger partial charge in [-0.05, 0) is 12.8 Å². The van der Waals surface area contributed by atoms with Gasteiger partial charge in [0.15, 0.2) is 22.6 Å². The molecule has 11 heteroatoms. The van der Waals surface area contributed by atoms with E-state index in [4.69, 9.17) is 5.73 Å². The fraction of sp³-hybridized carbons (Fsp3) is 0.444. The van der Waals surface area contributed by atoms with Gasteiger partial charge >= 0.3 is 5.69 Å². The predicted octanol–water partition coefficient (Wildman–Crippen LogP) is 0.416. The molecule has 0 aliphatic carbocycles. The van der Waals surface area contributed by atoms with Crippen molar-refractivity contribution in [1.82, 2.24) is 38.2 Å². The molecule has 0 amide bonds. The first-order chi connectivity index (χ1) is 14.0. The van der Waals surface area contributed by atoms with Crippen LogP contribution in [0.5, 0.6) is 0 Å². The van der Waals surface area contributed by atoms with Gasteiger partial charge in [-0.1, -0.05) is 12.8 Å². The normalized spacial score (nSPS) is 11.7. The highest BCUT2D eigenvalue weighted by Gasteiger charge is 2.14. The minimum Gasteiger partial charge on any atom is -0.382 e. The number of nitrogens with zero attached hydrogens (tertiary/aromatic N) is 8. The van der Waals surface area contributed by atoms with Gasteiger partial charge in [-0.2, -0.15) is 0 Å². The molecule has 0 fully saturated rings. The van der Waals surface area contributed by atoms with E-state index in [-0.39, 0.29) is 11.2 Å². The van der Waals surface area contributed by atoms with Gasteiger partial charge in [0, 0.05) is 27.2 Å². The van der Waals surface area contributed by atoms with E-state index < -0.39 is 0 Å². The molecule has 0 spiro atoms. The number of unbranched alkanes of at least 4 members (excludes halogenated alkanes) is 3. The van der Waals surface area contributed by atoms with E-state index in [0.29, 0.717) is 29.0 Å². The van der Waals surface area contributed by atoms with Gasteiger partial charge in [-0.25, -0.2) is 24.7 Å². The van der Waals surface area contributed by atoms with Gasteiger partial charge in [0.1, 0.15) is 11.8 Å². The van der Waals surface area contributed by atoms with E-state index in [1.165, 1.54) is 17.9 Å². The maximum absolute atomic E-state index is 12.4. The molecule has 152 valence electrons. The molecule has 11 nitrogen and oxygen atoms in total. The van der Waals surface area contributed by atoms with Crippen LogP contribution in [0.25, 0.3) is 22.3 Å². The van der Waals surface area contributed by atoms with Crippen LogP contribution < -0.4 is 17.0 Å². The molecule has 4 rings (SSSR count). The molecule has 4 aromatic rings. The standard InChI is InChI=1S/C18H23N9O2/c1-24-16-13(17(28)25(2)18(24)29)26(11-23-16)7-5-3-4-6-8-27-10-22-12-14(19)20-9-21-15(12)27/h9-11H,3-8H2,1-2H3,(H2,19,20,21). The van der Waals surface area contributed by atoms with Crippen molar-refractivity contribution in [3.8, 4) is 0 Å². The first-order valence-corrected chi connectivity index (χ1v) is 9.51. The minimum atomic E-state index is -0.369. The number of nitrogens with two attached hydrogens (primary N) is 1. The van der Waals surface area contributed by atoms with Gasteiger partial charge in [-0.15, -0.1) is 0 Å². The molecule has 29 heavy (non-hydrogen) atoms. The minimum absolute atomic E-state index is 0.311. The second-order valence-electron chi connectivity index (χ2n) is 7.10. The van der Waals surface area contributed by atoms with Gasteiger partial charge in [0.25, 0.3) is 5.56 Å². The Labute approximate surface area is 165 Å². The summed E-state index contributed by atoms with van der Waals surface area (Å²) < 4.78 is 6.34. The van der Waals surface area contributed by atoms with E-state index in [1.54, 1.807) is 19.7 Å². The Kier molecular flexibility index (Phi) is 4.87. The van der Waals surface area contributed by atoms with Gasteiger partial charge in [0.2, 0.25) is 0 Å². The van der Waals surface area contributed by atoms with Crippen LogP contribution in [0.15, 0.2) is 28.6 Å². The number of nitrogen functional groups attached to an aromatic ring is 1.